The number of aryl methyl sites for hydroxylation is 1. The number of carbonyl (C=O) groups excluding carboxylic acids is 1. The molecule has 2 rings (SSSR count). The van der Waals surface area contributed by atoms with E-state index in [2.05, 4.69) is 66.4 Å². The Labute approximate surface area is 126 Å². The topological polar surface area (TPSA) is 37.3 Å². The normalized spacial score (nSPS) is 12.8. The fourth-order valence-corrected chi connectivity index (χ4v) is 2.74. The number of rotatable bonds is 6. The number of nitrogens with one attached hydrogen (secondary N) is 1. The van der Waals surface area contributed by atoms with Crippen LogP contribution in [0.3, 0.4) is 0 Å². The Morgan fingerprint density at radius 3 is 2.71 bits per heavy atom. The lowest BCUT2D eigenvalue weighted by Gasteiger charge is -2.24. The maximum Gasteiger partial charge on any atom is 0.220 e. The summed E-state index contributed by atoms with van der Waals surface area (Å²) >= 11 is 0. The molecule has 0 radical (unpaired) electrons. The molecular weight excluding hydrogens is 262 g/mol. The third-order valence-corrected chi connectivity index (χ3v) is 3.88. The van der Waals surface area contributed by atoms with Gasteiger partial charge < -0.3 is 14.8 Å². The van der Waals surface area contributed by atoms with Crippen molar-refractivity contribution < 1.29 is 4.79 Å². The first kappa shape index (κ1) is 15.6. The number of hydrogen-bond donors (Lipinski definition) is 1. The molecule has 1 amide bonds. The second kappa shape index (κ2) is 6.76. The maximum absolute atomic E-state index is 11.7. The standard InChI is InChI=1S/C17H25N3O/c1-5-8-17(21)18-11-16(19(2)3)14-12-20(4)15-10-7-6-9-13(14)15/h6-7,9-10,12,16H,5,8,11H2,1-4H3,(H,18,21). The second-order valence-electron chi connectivity index (χ2n) is 5.75. The number of carbonyl (C=O) groups is 1. The second-order valence-corrected chi connectivity index (χ2v) is 5.75. The van der Waals surface area contributed by atoms with E-state index in [9.17, 15) is 4.79 Å². The zero-order valence-corrected chi connectivity index (χ0v) is 13.4. The van der Waals surface area contributed by atoms with Crippen LogP contribution in [0.15, 0.2) is 30.5 Å². The fourth-order valence-electron chi connectivity index (χ4n) is 2.74. The number of likely N-dealkylation sites (N-methyl/N-ethyl adjacent to an activating group) is 1. The molecular formula is C17H25N3O. The predicted molar refractivity (Wildman–Crippen MR) is 87.3 cm³/mol. The van der Waals surface area contributed by atoms with Gasteiger partial charge in [0.25, 0.3) is 0 Å². The summed E-state index contributed by atoms with van der Waals surface area (Å²) in [6.45, 7) is 2.66. The molecule has 114 valence electrons. The molecule has 2 aromatic rings. The number of para-hydroxylation sites is 1. The van der Waals surface area contributed by atoms with Crippen LogP contribution in [-0.2, 0) is 11.8 Å². The molecule has 1 atom stereocenters. The fraction of sp³-hybridized carbons (Fsp3) is 0.471. The molecule has 0 spiro atoms. The summed E-state index contributed by atoms with van der Waals surface area (Å²) in [5.41, 5.74) is 2.48. The Balaban J connectivity index is 2.26. The largest absolute Gasteiger partial charge is 0.354 e. The van der Waals surface area contributed by atoms with Crippen molar-refractivity contribution in [2.45, 2.75) is 25.8 Å². The minimum absolute atomic E-state index is 0.129. The molecule has 0 saturated carbocycles. The van der Waals surface area contributed by atoms with E-state index < -0.39 is 0 Å². The summed E-state index contributed by atoms with van der Waals surface area (Å²) in [6, 6.07) is 8.57. The highest BCUT2D eigenvalue weighted by atomic mass is 16.1. The molecule has 0 saturated heterocycles. The third-order valence-electron chi connectivity index (χ3n) is 3.88. The lowest BCUT2D eigenvalue weighted by molar-refractivity contribution is -0.121. The van der Waals surface area contributed by atoms with Crippen LogP contribution < -0.4 is 5.32 Å². The number of fused-ring (bicyclic) bond motifs is 1. The molecule has 1 heterocycles. The summed E-state index contributed by atoms with van der Waals surface area (Å²) in [7, 11) is 6.17. The van der Waals surface area contributed by atoms with Crippen molar-refractivity contribution in [2.24, 2.45) is 7.05 Å². The molecule has 1 aromatic carbocycles. The van der Waals surface area contributed by atoms with Crippen LogP contribution in [0.25, 0.3) is 10.9 Å². The van der Waals surface area contributed by atoms with Crippen LogP contribution in [0.4, 0.5) is 0 Å². The van der Waals surface area contributed by atoms with Crippen molar-refractivity contribution in [3.8, 4) is 0 Å². The third kappa shape index (κ3) is 3.45. The van der Waals surface area contributed by atoms with Gasteiger partial charge in [-0.1, -0.05) is 25.1 Å². The number of hydrogen-bond acceptors (Lipinski definition) is 2. The Morgan fingerprint density at radius 2 is 2.05 bits per heavy atom. The maximum atomic E-state index is 11.7. The van der Waals surface area contributed by atoms with E-state index in [1.54, 1.807) is 0 Å². The van der Waals surface area contributed by atoms with Crippen LogP contribution in [0.5, 0.6) is 0 Å². The van der Waals surface area contributed by atoms with Gasteiger partial charge in [0.05, 0.1) is 6.04 Å². The summed E-state index contributed by atoms with van der Waals surface area (Å²) in [5.74, 6) is 0.129. The lowest BCUT2D eigenvalue weighted by atomic mass is 10.0. The van der Waals surface area contributed by atoms with Crippen molar-refractivity contribution in [3.63, 3.8) is 0 Å². The Hall–Kier alpha value is -1.81. The van der Waals surface area contributed by atoms with E-state index in [-0.39, 0.29) is 11.9 Å². The van der Waals surface area contributed by atoms with Gasteiger partial charge in [-0.15, -0.1) is 0 Å². The zero-order chi connectivity index (χ0) is 15.4. The molecule has 21 heavy (non-hydrogen) atoms. The number of nitrogens with zero attached hydrogens (tertiary/aromatic N) is 2. The van der Waals surface area contributed by atoms with Crippen molar-refractivity contribution in [3.05, 3.63) is 36.0 Å². The van der Waals surface area contributed by atoms with Gasteiger partial charge in [-0.2, -0.15) is 0 Å². The Bertz CT molecular complexity index is 616. The monoisotopic (exact) mass is 287 g/mol. The molecule has 4 heteroatoms. The van der Waals surface area contributed by atoms with Gasteiger partial charge in [-0.05, 0) is 32.1 Å². The number of benzene rings is 1. The Morgan fingerprint density at radius 1 is 1.33 bits per heavy atom. The highest BCUT2D eigenvalue weighted by molar-refractivity contribution is 5.84. The van der Waals surface area contributed by atoms with Gasteiger partial charge in [0.1, 0.15) is 0 Å². The van der Waals surface area contributed by atoms with Crippen LogP contribution in [-0.4, -0.2) is 36.0 Å². The molecule has 0 bridgehead atoms. The van der Waals surface area contributed by atoms with Crippen LogP contribution in [0, 0.1) is 0 Å². The zero-order valence-electron chi connectivity index (χ0n) is 13.4. The smallest absolute Gasteiger partial charge is 0.220 e. The minimum atomic E-state index is 0.129. The van der Waals surface area contributed by atoms with Gasteiger partial charge in [-0.25, -0.2) is 0 Å². The molecule has 0 aliphatic carbocycles. The van der Waals surface area contributed by atoms with E-state index in [4.69, 9.17) is 0 Å². The van der Waals surface area contributed by atoms with E-state index in [0.29, 0.717) is 13.0 Å². The van der Waals surface area contributed by atoms with Gasteiger partial charge in [0.2, 0.25) is 5.91 Å². The quantitative estimate of drug-likeness (QED) is 0.887. The molecule has 0 fully saturated rings. The van der Waals surface area contributed by atoms with Crippen LogP contribution in [0.2, 0.25) is 0 Å². The minimum Gasteiger partial charge on any atom is -0.354 e. The summed E-state index contributed by atoms with van der Waals surface area (Å²) < 4.78 is 2.15. The van der Waals surface area contributed by atoms with Crippen LogP contribution >= 0.6 is 0 Å². The van der Waals surface area contributed by atoms with Gasteiger partial charge in [0, 0.05) is 37.1 Å². The summed E-state index contributed by atoms with van der Waals surface area (Å²) in [6.07, 6.45) is 3.64. The van der Waals surface area contributed by atoms with Crippen molar-refractivity contribution in [1.82, 2.24) is 14.8 Å². The number of amides is 1. The van der Waals surface area contributed by atoms with Crippen molar-refractivity contribution >= 4 is 16.8 Å². The molecule has 1 N–H and O–H groups in total. The number of aromatic nitrogens is 1. The Kier molecular flexibility index (Phi) is 5.02. The average molecular weight is 287 g/mol. The molecule has 4 nitrogen and oxygen atoms in total. The lowest BCUT2D eigenvalue weighted by Crippen LogP contribution is -2.34. The average Bonchev–Trinajstić information content (AvgIpc) is 2.77. The summed E-state index contributed by atoms with van der Waals surface area (Å²) in [5, 5.41) is 4.30. The van der Waals surface area contributed by atoms with E-state index in [0.717, 1.165) is 6.42 Å². The van der Waals surface area contributed by atoms with Crippen molar-refractivity contribution in [2.75, 3.05) is 20.6 Å². The van der Waals surface area contributed by atoms with Crippen LogP contribution in [0.1, 0.15) is 31.4 Å². The van der Waals surface area contributed by atoms with Gasteiger partial charge >= 0.3 is 0 Å². The molecule has 0 aliphatic rings. The summed E-state index contributed by atoms with van der Waals surface area (Å²) in [4.78, 5) is 13.9. The SMILES string of the molecule is CCCC(=O)NCC(c1cn(C)c2ccccc12)N(C)C. The van der Waals surface area contributed by atoms with E-state index in [1.165, 1.54) is 16.5 Å². The first-order chi connectivity index (χ1) is 10.0. The van der Waals surface area contributed by atoms with Gasteiger partial charge in [0.15, 0.2) is 0 Å². The van der Waals surface area contributed by atoms with E-state index in [1.807, 2.05) is 6.92 Å². The molecule has 0 aliphatic heterocycles. The molecule has 1 unspecified atom stereocenters. The highest BCUT2D eigenvalue weighted by Gasteiger charge is 2.19. The van der Waals surface area contributed by atoms with Crippen molar-refractivity contribution in [1.29, 1.82) is 0 Å². The molecule has 1 aromatic heterocycles. The van der Waals surface area contributed by atoms with Gasteiger partial charge in [-0.3, -0.25) is 4.79 Å². The first-order valence-electron chi connectivity index (χ1n) is 7.51. The highest BCUT2D eigenvalue weighted by Crippen LogP contribution is 2.28. The van der Waals surface area contributed by atoms with E-state index >= 15 is 0 Å². The first-order valence-corrected chi connectivity index (χ1v) is 7.51. The predicted octanol–water partition coefficient (Wildman–Crippen LogP) is 2.70.